The third-order valence-electron chi connectivity index (χ3n) is 4.44. The highest BCUT2D eigenvalue weighted by molar-refractivity contribution is 5.99. The number of nitriles is 1. The van der Waals surface area contributed by atoms with Crippen molar-refractivity contribution in [1.82, 2.24) is 4.90 Å². The van der Waals surface area contributed by atoms with Crippen molar-refractivity contribution in [3.05, 3.63) is 28.8 Å². The van der Waals surface area contributed by atoms with Crippen LogP contribution in [0.3, 0.4) is 0 Å². The third-order valence-corrected chi connectivity index (χ3v) is 4.44. The number of rotatable bonds is 6. The van der Waals surface area contributed by atoms with Crippen molar-refractivity contribution in [3.63, 3.8) is 0 Å². The Balaban J connectivity index is 2.50. The average Bonchev–Trinajstić information content (AvgIpc) is 2.59. The van der Waals surface area contributed by atoms with E-state index >= 15 is 0 Å². The maximum Gasteiger partial charge on any atom is 0.248 e. The van der Waals surface area contributed by atoms with Crippen molar-refractivity contribution in [3.8, 4) is 11.8 Å². The van der Waals surface area contributed by atoms with Gasteiger partial charge in [-0.05, 0) is 32.4 Å². The van der Waals surface area contributed by atoms with Gasteiger partial charge in [-0.25, -0.2) is 4.99 Å². The molecule has 138 valence electrons. The van der Waals surface area contributed by atoms with Crippen LogP contribution < -0.4 is 16.2 Å². The van der Waals surface area contributed by atoms with Gasteiger partial charge in [0.15, 0.2) is 5.96 Å². The maximum absolute atomic E-state index is 12.6. The van der Waals surface area contributed by atoms with Crippen LogP contribution in [0.1, 0.15) is 55.1 Å². The molecule has 2 amide bonds. The predicted octanol–water partition coefficient (Wildman–Crippen LogP) is 1.27. The number of benzene rings is 1. The Morgan fingerprint density at radius 3 is 2.65 bits per heavy atom. The average molecular weight is 357 g/mol. The lowest BCUT2D eigenvalue weighted by molar-refractivity contribution is -0.129. The van der Waals surface area contributed by atoms with Gasteiger partial charge in [-0.1, -0.05) is 6.92 Å². The summed E-state index contributed by atoms with van der Waals surface area (Å²) in [6, 6.07) is 4.89. The molecule has 0 fully saturated rings. The van der Waals surface area contributed by atoms with Crippen LogP contribution in [-0.4, -0.2) is 34.8 Å². The Morgan fingerprint density at radius 2 is 2.15 bits per heavy atom. The molecule has 0 spiro atoms. The number of guanidine groups is 1. The summed E-state index contributed by atoms with van der Waals surface area (Å²) in [6.45, 7) is 5.97. The van der Waals surface area contributed by atoms with Crippen molar-refractivity contribution in [2.24, 2.45) is 16.5 Å². The number of carbonyl (C=O) groups is 2. The Labute approximate surface area is 152 Å². The molecule has 0 saturated carbocycles. The Morgan fingerprint density at radius 1 is 1.46 bits per heavy atom. The van der Waals surface area contributed by atoms with E-state index in [0.717, 1.165) is 0 Å². The van der Waals surface area contributed by atoms with E-state index in [1.807, 2.05) is 19.9 Å². The van der Waals surface area contributed by atoms with Gasteiger partial charge in [0, 0.05) is 11.1 Å². The largest absolute Gasteiger partial charge is 0.492 e. The van der Waals surface area contributed by atoms with Crippen molar-refractivity contribution in [2.75, 3.05) is 6.61 Å². The highest BCUT2D eigenvalue weighted by atomic mass is 16.5. The topological polar surface area (TPSA) is 135 Å². The van der Waals surface area contributed by atoms with Crippen molar-refractivity contribution >= 4 is 17.8 Å². The van der Waals surface area contributed by atoms with E-state index in [4.69, 9.17) is 16.2 Å². The molecule has 1 heterocycles. The number of nitrogens with zero attached hydrogens (tertiary/aromatic N) is 3. The maximum atomic E-state index is 12.6. The van der Waals surface area contributed by atoms with Crippen molar-refractivity contribution < 1.29 is 14.3 Å². The molecule has 0 saturated heterocycles. The molecular weight excluding hydrogens is 334 g/mol. The van der Waals surface area contributed by atoms with Crippen LogP contribution in [0.4, 0.5) is 0 Å². The first-order valence-electron chi connectivity index (χ1n) is 8.40. The van der Waals surface area contributed by atoms with Crippen LogP contribution in [0.25, 0.3) is 0 Å². The van der Waals surface area contributed by atoms with Gasteiger partial charge in [-0.15, -0.1) is 0 Å². The summed E-state index contributed by atoms with van der Waals surface area (Å²) in [5.74, 6) is -0.427. The molecule has 1 aliphatic rings. The molecule has 0 aromatic heterocycles. The van der Waals surface area contributed by atoms with E-state index in [9.17, 15) is 14.9 Å². The number of ether oxygens (including phenoxy) is 1. The molecule has 26 heavy (non-hydrogen) atoms. The highest BCUT2D eigenvalue weighted by Crippen LogP contribution is 2.30. The number of amides is 2. The number of primary amides is 1. The fourth-order valence-electron chi connectivity index (χ4n) is 2.82. The molecule has 0 aliphatic carbocycles. The molecule has 4 N–H and O–H groups in total. The Hall–Kier alpha value is -3.08. The van der Waals surface area contributed by atoms with Gasteiger partial charge in [0.25, 0.3) is 0 Å². The SMILES string of the molecule is CCOc1c(C#N)cc(C(N)=O)cc1CN1C(=O)CC(C)(CC)N=C1N. The number of carbonyl (C=O) groups excluding carboxylic acids is 2. The summed E-state index contributed by atoms with van der Waals surface area (Å²) < 4.78 is 5.57. The van der Waals surface area contributed by atoms with E-state index in [2.05, 4.69) is 4.99 Å². The molecule has 0 radical (unpaired) electrons. The number of aliphatic imine (C=N–C) groups is 1. The molecule has 8 nitrogen and oxygen atoms in total. The summed E-state index contributed by atoms with van der Waals surface area (Å²) in [4.78, 5) is 29.9. The minimum absolute atomic E-state index is 0.0408. The van der Waals surface area contributed by atoms with Gasteiger partial charge in [-0.2, -0.15) is 5.26 Å². The van der Waals surface area contributed by atoms with Crippen LogP contribution in [-0.2, 0) is 11.3 Å². The first kappa shape index (κ1) is 19.2. The molecule has 8 heteroatoms. The summed E-state index contributed by atoms with van der Waals surface area (Å²) >= 11 is 0. The lowest BCUT2D eigenvalue weighted by Crippen LogP contribution is -2.50. The van der Waals surface area contributed by atoms with Gasteiger partial charge < -0.3 is 16.2 Å². The number of hydrogen-bond donors (Lipinski definition) is 2. The fourth-order valence-corrected chi connectivity index (χ4v) is 2.82. The van der Waals surface area contributed by atoms with Gasteiger partial charge in [0.2, 0.25) is 11.8 Å². The molecule has 0 bridgehead atoms. The van der Waals surface area contributed by atoms with E-state index in [0.29, 0.717) is 24.3 Å². The Kier molecular flexibility index (Phi) is 5.50. The zero-order valence-corrected chi connectivity index (χ0v) is 15.2. The zero-order valence-electron chi connectivity index (χ0n) is 15.2. The van der Waals surface area contributed by atoms with E-state index in [1.165, 1.54) is 17.0 Å². The van der Waals surface area contributed by atoms with Crippen LogP contribution in [0, 0.1) is 11.3 Å². The summed E-state index contributed by atoms with van der Waals surface area (Å²) in [7, 11) is 0. The molecular formula is C18H23N5O3. The molecule has 1 atom stereocenters. The fraction of sp³-hybridized carbons (Fsp3) is 0.444. The zero-order chi connectivity index (χ0) is 19.5. The van der Waals surface area contributed by atoms with Crippen LogP contribution in [0.15, 0.2) is 17.1 Å². The third kappa shape index (κ3) is 3.77. The monoisotopic (exact) mass is 357 g/mol. The normalized spacial score (nSPS) is 19.7. The Bertz CT molecular complexity index is 812. The lowest BCUT2D eigenvalue weighted by Gasteiger charge is -2.34. The van der Waals surface area contributed by atoms with Gasteiger partial charge in [-0.3, -0.25) is 14.5 Å². The van der Waals surface area contributed by atoms with Crippen LogP contribution in [0.5, 0.6) is 5.75 Å². The first-order valence-corrected chi connectivity index (χ1v) is 8.40. The lowest BCUT2D eigenvalue weighted by atomic mass is 9.93. The van der Waals surface area contributed by atoms with E-state index in [-0.39, 0.29) is 36.0 Å². The van der Waals surface area contributed by atoms with E-state index in [1.54, 1.807) is 6.92 Å². The second-order valence-electron chi connectivity index (χ2n) is 6.40. The van der Waals surface area contributed by atoms with Crippen molar-refractivity contribution in [2.45, 2.75) is 45.7 Å². The molecule has 1 aliphatic heterocycles. The minimum atomic E-state index is -0.670. The second kappa shape index (κ2) is 7.44. The van der Waals surface area contributed by atoms with Gasteiger partial charge in [0.05, 0.1) is 30.7 Å². The molecule has 1 aromatic carbocycles. The quantitative estimate of drug-likeness (QED) is 0.790. The number of nitrogens with two attached hydrogens (primary N) is 2. The van der Waals surface area contributed by atoms with Crippen LogP contribution >= 0.6 is 0 Å². The molecule has 1 aromatic rings. The molecule has 2 rings (SSSR count). The summed E-state index contributed by atoms with van der Waals surface area (Å²) in [5, 5.41) is 9.38. The summed E-state index contributed by atoms with van der Waals surface area (Å²) in [5.41, 5.74) is 11.7. The minimum Gasteiger partial charge on any atom is -0.492 e. The smallest absolute Gasteiger partial charge is 0.248 e. The first-order chi connectivity index (χ1) is 12.2. The van der Waals surface area contributed by atoms with Gasteiger partial charge in [0.1, 0.15) is 11.8 Å². The number of hydrogen-bond acceptors (Lipinski definition) is 6. The highest BCUT2D eigenvalue weighted by Gasteiger charge is 2.35. The van der Waals surface area contributed by atoms with E-state index < -0.39 is 11.4 Å². The van der Waals surface area contributed by atoms with Gasteiger partial charge >= 0.3 is 0 Å². The standard InChI is InChI=1S/C18H23N5O3/c1-4-18(3)8-14(24)23(17(21)22-18)10-13-7-11(16(20)25)6-12(9-19)15(13)26-5-2/h6-7H,4-5,8,10H2,1-3H3,(H2,20,25)(H2,21,22). The van der Waals surface area contributed by atoms with Crippen molar-refractivity contribution in [1.29, 1.82) is 5.26 Å². The summed E-state index contributed by atoms with van der Waals surface area (Å²) in [6.07, 6.45) is 0.919. The molecule has 1 unspecified atom stereocenters. The van der Waals surface area contributed by atoms with Crippen LogP contribution in [0.2, 0.25) is 0 Å². The second-order valence-corrected chi connectivity index (χ2v) is 6.40. The predicted molar refractivity (Wildman–Crippen MR) is 96.3 cm³/mol.